The maximum atomic E-state index is 12.3. The highest BCUT2D eigenvalue weighted by Crippen LogP contribution is 2.27. The van der Waals surface area contributed by atoms with Crippen LogP contribution in [-0.4, -0.2) is 27.8 Å². The van der Waals surface area contributed by atoms with Crippen LogP contribution in [0.1, 0.15) is 36.2 Å². The lowest BCUT2D eigenvalue weighted by Crippen LogP contribution is -2.22. The fourth-order valence-corrected chi connectivity index (χ4v) is 4.96. The van der Waals surface area contributed by atoms with Crippen LogP contribution in [0.3, 0.4) is 0 Å². The summed E-state index contributed by atoms with van der Waals surface area (Å²) in [4.78, 5) is 12.3. The Kier molecular flexibility index (Phi) is 9.46. The van der Waals surface area contributed by atoms with Gasteiger partial charge in [0.1, 0.15) is 11.6 Å². The summed E-state index contributed by atoms with van der Waals surface area (Å²) < 4.78 is 7.22. The zero-order valence-electron chi connectivity index (χ0n) is 20.7. The molecule has 0 spiro atoms. The van der Waals surface area contributed by atoms with Gasteiger partial charge in [-0.25, -0.2) is 0 Å². The first-order valence-corrected chi connectivity index (χ1v) is 13.5. The van der Waals surface area contributed by atoms with Crippen LogP contribution in [-0.2, 0) is 23.5 Å². The van der Waals surface area contributed by atoms with Crippen molar-refractivity contribution in [1.82, 2.24) is 20.1 Å². The van der Waals surface area contributed by atoms with E-state index in [9.17, 15) is 4.79 Å². The minimum atomic E-state index is 0.0329. The van der Waals surface area contributed by atoms with Crippen molar-refractivity contribution in [2.75, 3.05) is 12.8 Å². The minimum Gasteiger partial charge on any atom is -0.497 e. The molecule has 1 heterocycles. The van der Waals surface area contributed by atoms with Crippen molar-refractivity contribution in [2.45, 2.75) is 43.1 Å². The minimum absolute atomic E-state index is 0.0329. The van der Waals surface area contributed by atoms with Gasteiger partial charge in [-0.1, -0.05) is 53.7 Å². The Morgan fingerprint density at radius 3 is 2.59 bits per heavy atom. The fraction of sp³-hybridized carbons (Fsp3) is 0.250. The van der Waals surface area contributed by atoms with Crippen molar-refractivity contribution in [2.24, 2.45) is 0 Å². The van der Waals surface area contributed by atoms with Gasteiger partial charge in [0.2, 0.25) is 5.91 Å². The summed E-state index contributed by atoms with van der Waals surface area (Å²) in [7, 11) is 1.63. The van der Waals surface area contributed by atoms with E-state index < -0.39 is 0 Å². The summed E-state index contributed by atoms with van der Waals surface area (Å²) >= 11 is 7.88. The molecule has 0 atom stereocenters. The number of nitrogens with two attached hydrogens (primary N) is 1. The van der Waals surface area contributed by atoms with Gasteiger partial charge in [-0.3, -0.25) is 9.36 Å². The fourth-order valence-electron chi connectivity index (χ4n) is 3.86. The molecule has 0 aliphatic rings. The van der Waals surface area contributed by atoms with Gasteiger partial charge in [0, 0.05) is 35.8 Å². The molecule has 1 amide bonds. The van der Waals surface area contributed by atoms with Gasteiger partial charge in [0.05, 0.1) is 12.8 Å². The molecule has 4 aromatic rings. The van der Waals surface area contributed by atoms with E-state index in [1.165, 1.54) is 0 Å². The Labute approximate surface area is 226 Å². The van der Waals surface area contributed by atoms with Crippen LogP contribution in [0.2, 0.25) is 5.02 Å². The zero-order chi connectivity index (χ0) is 26.0. The number of methoxy groups -OCH3 is 1. The van der Waals surface area contributed by atoms with Gasteiger partial charge < -0.3 is 15.8 Å². The largest absolute Gasteiger partial charge is 0.497 e. The zero-order valence-corrected chi connectivity index (χ0v) is 22.3. The maximum absolute atomic E-state index is 12.3. The summed E-state index contributed by atoms with van der Waals surface area (Å²) in [6.45, 7) is 0.500. The summed E-state index contributed by atoms with van der Waals surface area (Å²) in [5.74, 6) is 2.39. The number of nitrogens with zero attached hydrogens (tertiary/aromatic N) is 3. The van der Waals surface area contributed by atoms with Crippen molar-refractivity contribution in [3.05, 3.63) is 94.8 Å². The molecule has 37 heavy (non-hydrogen) atoms. The second kappa shape index (κ2) is 13.2. The number of halogens is 1. The number of aryl methyl sites for hydroxylation is 1. The van der Waals surface area contributed by atoms with Crippen LogP contribution in [0, 0.1) is 0 Å². The number of carbonyl (C=O) groups excluding carboxylic acids is 1. The molecule has 0 radical (unpaired) electrons. The predicted octanol–water partition coefficient (Wildman–Crippen LogP) is 5.83. The number of hydrogen-bond donors (Lipinski definition) is 2. The quantitative estimate of drug-likeness (QED) is 0.134. The maximum Gasteiger partial charge on any atom is 0.220 e. The highest BCUT2D eigenvalue weighted by Gasteiger charge is 2.15. The molecule has 3 aromatic carbocycles. The number of nitrogens with one attached hydrogen (secondary N) is 1. The molecule has 0 saturated heterocycles. The number of hydrogen-bond acceptors (Lipinski definition) is 6. The average molecular weight is 536 g/mol. The summed E-state index contributed by atoms with van der Waals surface area (Å²) in [6, 6.07) is 23.2. The summed E-state index contributed by atoms with van der Waals surface area (Å²) in [5, 5.41) is 13.4. The monoisotopic (exact) mass is 535 g/mol. The van der Waals surface area contributed by atoms with Crippen molar-refractivity contribution < 1.29 is 9.53 Å². The molecule has 1 aromatic heterocycles. The third kappa shape index (κ3) is 7.74. The van der Waals surface area contributed by atoms with Crippen molar-refractivity contribution >= 4 is 35.0 Å². The number of thioether (sulfide) groups is 1. The number of nitrogen functional groups attached to an aromatic ring is 1. The Morgan fingerprint density at radius 1 is 1.03 bits per heavy atom. The first kappa shape index (κ1) is 26.6. The number of aromatic nitrogens is 3. The lowest BCUT2D eigenvalue weighted by molar-refractivity contribution is -0.121. The molecule has 4 rings (SSSR count). The summed E-state index contributed by atoms with van der Waals surface area (Å²) in [6.07, 6.45) is 2.72. The van der Waals surface area contributed by atoms with E-state index in [2.05, 4.69) is 15.5 Å². The van der Waals surface area contributed by atoms with E-state index in [4.69, 9.17) is 22.1 Å². The van der Waals surface area contributed by atoms with Crippen LogP contribution in [0.5, 0.6) is 5.75 Å². The average Bonchev–Trinajstić information content (AvgIpc) is 3.32. The van der Waals surface area contributed by atoms with E-state index in [-0.39, 0.29) is 5.91 Å². The first-order valence-electron chi connectivity index (χ1n) is 12.1. The highest BCUT2D eigenvalue weighted by molar-refractivity contribution is 7.98. The topological polar surface area (TPSA) is 95.1 Å². The molecule has 192 valence electrons. The Bertz CT molecular complexity index is 1330. The lowest BCUT2D eigenvalue weighted by atomic mass is 10.1. The first-order chi connectivity index (χ1) is 18.0. The highest BCUT2D eigenvalue weighted by atomic mass is 35.5. The molecule has 3 N–H and O–H groups in total. The molecule has 0 aliphatic heterocycles. The second-order valence-electron chi connectivity index (χ2n) is 8.58. The van der Waals surface area contributed by atoms with Crippen molar-refractivity contribution in [3.8, 4) is 11.4 Å². The smallest absolute Gasteiger partial charge is 0.220 e. The molecular weight excluding hydrogens is 506 g/mol. The van der Waals surface area contributed by atoms with Gasteiger partial charge in [0.15, 0.2) is 5.16 Å². The molecule has 0 bridgehead atoms. The van der Waals surface area contributed by atoms with Gasteiger partial charge >= 0.3 is 0 Å². The molecule has 0 unspecified atom stereocenters. The van der Waals surface area contributed by atoms with Crippen molar-refractivity contribution in [1.29, 1.82) is 0 Å². The molecule has 0 fully saturated rings. The standard InChI is InChI=1S/C28H30ClN5O2S/c1-36-25-14-12-20(13-15-25)18-31-27(35)11-3-2-10-26-32-33-28(34(26)24-9-5-7-22(29)17-24)37-19-21-6-4-8-23(30)16-21/h4-9,12-17H,2-3,10-11,18-19,30H2,1H3,(H,31,35). The number of unbranched alkanes of at least 4 members (excludes halogenated alkanes) is 1. The van der Waals surface area contributed by atoms with Crippen LogP contribution in [0.4, 0.5) is 5.69 Å². The van der Waals surface area contributed by atoms with E-state index in [1.54, 1.807) is 18.9 Å². The van der Waals surface area contributed by atoms with Crippen LogP contribution in [0.25, 0.3) is 5.69 Å². The number of benzene rings is 3. The molecule has 0 saturated carbocycles. The third-order valence-electron chi connectivity index (χ3n) is 5.79. The number of carbonyl (C=O) groups is 1. The lowest BCUT2D eigenvalue weighted by Gasteiger charge is -2.11. The van der Waals surface area contributed by atoms with E-state index in [0.717, 1.165) is 57.8 Å². The van der Waals surface area contributed by atoms with E-state index in [1.807, 2.05) is 77.4 Å². The predicted molar refractivity (Wildman–Crippen MR) is 149 cm³/mol. The SMILES string of the molecule is COc1ccc(CNC(=O)CCCCc2nnc(SCc3cccc(N)c3)n2-c2cccc(Cl)c2)cc1. The molecule has 9 heteroatoms. The number of rotatable bonds is 12. The van der Waals surface area contributed by atoms with Gasteiger partial charge in [0.25, 0.3) is 0 Å². The second-order valence-corrected chi connectivity index (χ2v) is 9.96. The van der Waals surface area contributed by atoms with Crippen LogP contribution in [0.15, 0.2) is 78.0 Å². The van der Waals surface area contributed by atoms with Crippen LogP contribution >= 0.6 is 23.4 Å². The number of anilines is 1. The Hall–Kier alpha value is -3.49. The van der Waals surface area contributed by atoms with Gasteiger partial charge in [-0.05, 0) is 66.4 Å². The normalized spacial score (nSPS) is 10.9. The Balaban J connectivity index is 1.34. The molecular formula is C28H30ClN5O2S. The Morgan fingerprint density at radius 2 is 1.84 bits per heavy atom. The van der Waals surface area contributed by atoms with Crippen molar-refractivity contribution in [3.63, 3.8) is 0 Å². The molecule has 7 nitrogen and oxygen atoms in total. The third-order valence-corrected chi connectivity index (χ3v) is 7.02. The molecule has 0 aliphatic carbocycles. The van der Waals surface area contributed by atoms with E-state index >= 15 is 0 Å². The van der Waals surface area contributed by atoms with Crippen LogP contribution < -0.4 is 15.8 Å². The van der Waals surface area contributed by atoms with E-state index in [0.29, 0.717) is 24.4 Å². The van der Waals surface area contributed by atoms with Gasteiger partial charge in [-0.2, -0.15) is 0 Å². The number of amides is 1. The summed E-state index contributed by atoms with van der Waals surface area (Å²) in [5.41, 5.74) is 9.74. The number of ether oxygens (including phenoxy) is 1. The van der Waals surface area contributed by atoms with Gasteiger partial charge in [-0.15, -0.1) is 10.2 Å².